The third-order valence-electron chi connectivity index (χ3n) is 5.14. The van der Waals surface area contributed by atoms with Crippen LogP contribution in [0.5, 0.6) is 0 Å². The van der Waals surface area contributed by atoms with Gasteiger partial charge in [-0.25, -0.2) is 0 Å². The number of unbranched alkanes of at least 4 members (excludes halogenated alkanes) is 2. The van der Waals surface area contributed by atoms with Gasteiger partial charge < -0.3 is 14.6 Å². The van der Waals surface area contributed by atoms with Crippen molar-refractivity contribution in [3.8, 4) is 0 Å². The summed E-state index contributed by atoms with van der Waals surface area (Å²) in [5.74, 6) is 0.493. The lowest BCUT2D eigenvalue weighted by molar-refractivity contribution is -0.251. The highest BCUT2D eigenvalue weighted by Crippen LogP contribution is 2.37. The maximum atomic E-state index is 11.2. The summed E-state index contributed by atoms with van der Waals surface area (Å²) < 4.78 is 11.5. The van der Waals surface area contributed by atoms with Gasteiger partial charge in [0.25, 0.3) is 0 Å². The Morgan fingerprint density at radius 1 is 1.14 bits per heavy atom. The second-order valence-corrected chi connectivity index (χ2v) is 7.13. The molecule has 1 saturated carbocycles. The molecule has 0 bridgehead atoms. The number of aliphatic carboxylic acids is 1. The van der Waals surface area contributed by atoms with Crippen LogP contribution in [0.3, 0.4) is 0 Å². The predicted octanol–water partition coefficient (Wildman–Crippen LogP) is 3.84. The summed E-state index contributed by atoms with van der Waals surface area (Å²) in [7, 11) is 0. The first-order chi connectivity index (χ1) is 10.0. The smallest absolute Gasteiger partial charge is 0.314 e. The maximum Gasteiger partial charge on any atom is 0.314 e. The largest absolute Gasteiger partial charge is 0.481 e. The zero-order chi connectivity index (χ0) is 15.3. The molecule has 2 fully saturated rings. The molecule has 0 aromatic carbocycles. The van der Waals surface area contributed by atoms with Crippen LogP contribution in [0.4, 0.5) is 0 Å². The molecule has 1 heterocycles. The Bertz CT molecular complexity index is 326. The van der Waals surface area contributed by atoms with E-state index in [1.165, 1.54) is 38.5 Å². The van der Waals surface area contributed by atoms with E-state index in [-0.39, 0.29) is 19.5 Å². The van der Waals surface area contributed by atoms with E-state index in [0.29, 0.717) is 5.92 Å². The van der Waals surface area contributed by atoms with Crippen molar-refractivity contribution in [3.63, 3.8) is 0 Å². The molecule has 4 nitrogen and oxygen atoms in total. The summed E-state index contributed by atoms with van der Waals surface area (Å²) in [6, 6.07) is 0. The van der Waals surface area contributed by atoms with Crippen LogP contribution in [0, 0.1) is 17.3 Å². The van der Waals surface area contributed by atoms with Crippen LogP contribution in [0.2, 0.25) is 0 Å². The molecule has 0 atom stereocenters. The van der Waals surface area contributed by atoms with Crippen LogP contribution in [0.25, 0.3) is 0 Å². The van der Waals surface area contributed by atoms with Crippen molar-refractivity contribution < 1.29 is 19.4 Å². The molecule has 0 unspecified atom stereocenters. The zero-order valence-corrected chi connectivity index (χ0v) is 13.5. The standard InChI is InChI=1S/C17H30O4/c1-3-4-5-6-13-7-9-14(10-8-13)15-20-11-17(2,12-21-15)16(18)19/h13-15H,3-12H2,1-2H3,(H,18,19). The van der Waals surface area contributed by atoms with Gasteiger partial charge in [-0.2, -0.15) is 0 Å². The van der Waals surface area contributed by atoms with E-state index in [9.17, 15) is 9.90 Å². The van der Waals surface area contributed by atoms with E-state index in [0.717, 1.165) is 18.8 Å². The fraction of sp³-hybridized carbons (Fsp3) is 0.941. The molecule has 0 spiro atoms. The van der Waals surface area contributed by atoms with Gasteiger partial charge in [-0.3, -0.25) is 4.79 Å². The summed E-state index contributed by atoms with van der Waals surface area (Å²) >= 11 is 0. The fourth-order valence-corrected chi connectivity index (χ4v) is 3.45. The molecule has 122 valence electrons. The summed E-state index contributed by atoms with van der Waals surface area (Å²) in [5.41, 5.74) is -0.881. The highest BCUT2D eigenvalue weighted by Gasteiger charge is 2.42. The lowest BCUT2D eigenvalue weighted by Crippen LogP contribution is -2.47. The summed E-state index contributed by atoms with van der Waals surface area (Å²) in [6.45, 7) is 4.47. The van der Waals surface area contributed by atoms with Crippen molar-refractivity contribution in [1.29, 1.82) is 0 Å². The normalized spacial score (nSPS) is 37.3. The highest BCUT2D eigenvalue weighted by molar-refractivity contribution is 5.74. The molecule has 4 heteroatoms. The third-order valence-corrected chi connectivity index (χ3v) is 5.14. The average molecular weight is 298 g/mol. The van der Waals surface area contributed by atoms with Crippen LogP contribution in [-0.2, 0) is 14.3 Å². The molecule has 1 N–H and O–H groups in total. The van der Waals surface area contributed by atoms with Crippen LogP contribution in [0.1, 0.15) is 65.2 Å². The highest BCUT2D eigenvalue weighted by atomic mass is 16.7. The van der Waals surface area contributed by atoms with Crippen molar-refractivity contribution in [2.75, 3.05) is 13.2 Å². The van der Waals surface area contributed by atoms with Gasteiger partial charge in [0.05, 0.1) is 13.2 Å². The minimum atomic E-state index is -0.881. The van der Waals surface area contributed by atoms with E-state index in [1.807, 2.05) is 0 Å². The number of hydrogen-bond donors (Lipinski definition) is 1. The van der Waals surface area contributed by atoms with E-state index in [2.05, 4.69) is 6.92 Å². The molecular weight excluding hydrogens is 268 g/mol. The van der Waals surface area contributed by atoms with Crippen molar-refractivity contribution in [1.82, 2.24) is 0 Å². The fourth-order valence-electron chi connectivity index (χ4n) is 3.45. The number of carboxylic acid groups (broad SMARTS) is 1. The Balaban J connectivity index is 1.70. The average Bonchev–Trinajstić information content (AvgIpc) is 2.49. The van der Waals surface area contributed by atoms with Gasteiger partial charge >= 0.3 is 5.97 Å². The first-order valence-electron chi connectivity index (χ1n) is 8.52. The van der Waals surface area contributed by atoms with E-state index >= 15 is 0 Å². The van der Waals surface area contributed by atoms with Crippen molar-refractivity contribution in [2.24, 2.45) is 17.3 Å². The van der Waals surface area contributed by atoms with Crippen LogP contribution >= 0.6 is 0 Å². The van der Waals surface area contributed by atoms with E-state index in [1.54, 1.807) is 6.92 Å². The Kier molecular flexibility index (Phi) is 6.06. The minimum Gasteiger partial charge on any atom is -0.481 e. The van der Waals surface area contributed by atoms with Gasteiger partial charge in [0, 0.05) is 5.92 Å². The van der Waals surface area contributed by atoms with E-state index < -0.39 is 11.4 Å². The molecule has 21 heavy (non-hydrogen) atoms. The van der Waals surface area contributed by atoms with Crippen LogP contribution in [-0.4, -0.2) is 30.6 Å². The molecule has 2 aliphatic rings. The lowest BCUT2D eigenvalue weighted by Gasteiger charge is -2.40. The van der Waals surface area contributed by atoms with Crippen molar-refractivity contribution in [2.45, 2.75) is 71.5 Å². The van der Waals surface area contributed by atoms with Gasteiger partial charge in [-0.15, -0.1) is 0 Å². The number of rotatable bonds is 6. The second kappa shape index (κ2) is 7.59. The number of carboxylic acids is 1. The van der Waals surface area contributed by atoms with Gasteiger partial charge in [-0.05, 0) is 38.5 Å². The van der Waals surface area contributed by atoms with Crippen LogP contribution < -0.4 is 0 Å². The monoisotopic (exact) mass is 298 g/mol. The third kappa shape index (κ3) is 4.43. The van der Waals surface area contributed by atoms with Gasteiger partial charge in [0.2, 0.25) is 0 Å². The molecule has 1 aliphatic heterocycles. The Hall–Kier alpha value is -0.610. The number of carbonyl (C=O) groups is 1. The lowest BCUT2D eigenvalue weighted by atomic mass is 9.79. The topological polar surface area (TPSA) is 55.8 Å². The quantitative estimate of drug-likeness (QED) is 0.757. The van der Waals surface area contributed by atoms with Gasteiger partial charge in [0.1, 0.15) is 5.41 Å². The Morgan fingerprint density at radius 3 is 2.29 bits per heavy atom. The SMILES string of the molecule is CCCCCC1CCC(C2OCC(C)(C(=O)O)CO2)CC1. The molecule has 0 aromatic rings. The van der Waals surface area contributed by atoms with Crippen molar-refractivity contribution in [3.05, 3.63) is 0 Å². The van der Waals surface area contributed by atoms with E-state index in [4.69, 9.17) is 9.47 Å². The zero-order valence-electron chi connectivity index (χ0n) is 13.5. The first kappa shape index (κ1) is 16.8. The van der Waals surface area contributed by atoms with Gasteiger partial charge in [0.15, 0.2) is 6.29 Å². The maximum absolute atomic E-state index is 11.2. The molecule has 0 radical (unpaired) electrons. The number of hydrogen-bond acceptors (Lipinski definition) is 3. The predicted molar refractivity (Wildman–Crippen MR) is 81.0 cm³/mol. The number of ether oxygens (including phenoxy) is 2. The second-order valence-electron chi connectivity index (χ2n) is 7.13. The summed E-state index contributed by atoms with van der Waals surface area (Å²) in [4.78, 5) is 11.2. The minimum absolute atomic E-state index is 0.186. The van der Waals surface area contributed by atoms with Crippen LogP contribution in [0.15, 0.2) is 0 Å². The molecular formula is C17H30O4. The summed E-state index contributed by atoms with van der Waals surface area (Å²) in [5, 5.41) is 9.17. The molecule has 0 aromatic heterocycles. The Labute approximate surface area is 128 Å². The van der Waals surface area contributed by atoms with Gasteiger partial charge in [-0.1, -0.05) is 32.6 Å². The molecule has 1 saturated heterocycles. The first-order valence-corrected chi connectivity index (χ1v) is 8.52. The molecule has 2 rings (SSSR count). The van der Waals surface area contributed by atoms with Crippen molar-refractivity contribution >= 4 is 5.97 Å². The molecule has 1 aliphatic carbocycles. The molecule has 0 amide bonds. The summed E-state index contributed by atoms with van der Waals surface area (Å²) in [6.07, 6.45) is 10.0. The Morgan fingerprint density at radius 2 is 1.76 bits per heavy atom.